The Morgan fingerprint density at radius 3 is 2.68 bits per heavy atom. The number of amides is 2. The molecule has 2 aromatic rings. The van der Waals surface area contributed by atoms with Crippen molar-refractivity contribution in [3.63, 3.8) is 0 Å². The molecule has 0 spiro atoms. The summed E-state index contributed by atoms with van der Waals surface area (Å²) in [6.07, 6.45) is 0.247. The predicted molar refractivity (Wildman–Crippen MR) is 102 cm³/mol. The van der Waals surface area contributed by atoms with Gasteiger partial charge in [0, 0.05) is 17.0 Å². The number of carbonyl (C=O) groups excluding carboxylic acids is 3. The number of benzene rings is 2. The molecule has 28 heavy (non-hydrogen) atoms. The molecule has 8 heteroatoms. The van der Waals surface area contributed by atoms with E-state index in [9.17, 15) is 19.6 Å². The molecular weight excluding hydrogens is 378 g/mol. The van der Waals surface area contributed by atoms with Gasteiger partial charge in [0.25, 0.3) is 0 Å². The Morgan fingerprint density at radius 1 is 1.29 bits per heavy atom. The molecule has 1 unspecified atom stereocenters. The SMILES string of the molecule is N#Cc1ccc(C(=O)CN2Cc3ccccc3SC(CN(O)C=O)C2=O)cc1. The molecule has 1 N–H and O–H groups in total. The summed E-state index contributed by atoms with van der Waals surface area (Å²) in [4.78, 5) is 38.7. The topological polar surface area (TPSA) is 102 Å². The molecule has 2 aromatic carbocycles. The zero-order chi connectivity index (χ0) is 20.1. The first-order chi connectivity index (χ1) is 13.5. The van der Waals surface area contributed by atoms with Crippen LogP contribution in [-0.2, 0) is 16.1 Å². The molecule has 0 bridgehead atoms. The minimum Gasteiger partial charge on any atom is -0.330 e. The maximum Gasteiger partial charge on any atom is 0.238 e. The number of hydrogen-bond donors (Lipinski definition) is 1. The van der Waals surface area contributed by atoms with Crippen LogP contribution in [0.1, 0.15) is 21.5 Å². The van der Waals surface area contributed by atoms with Gasteiger partial charge in [0.1, 0.15) is 5.25 Å². The maximum atomic E-state index is 13.0. The molecule has 1 heterocycles. The van der Waals surface area contributed by atoms with Gasteiger partial charge in [-0.15, -0.1) is 11.8 Å². The lowest BCUT2D eigenvalue weighted by atomic mass is 10.1. The number of fused-ring (bicyclic) bond motifs is 1. The number of carbonyl (C=O) groups is 3. The Bertz CT molecular complexity index is 939. The first-order valence-electron chi connectivity index (χ1n) is 8.49. The molecule has 0 saturated carbocycles. The van der Waals surface area contributed by atoms with Crippen molar-refractivity contribution in [1.82, 2.24) is 9.96 Å². The van der Waals surface area contributed by atoms with Gasteiger partial charge < -0.3 is 4.90 Å². The van der Waals surface area contributed by atoms with Gasteiger partial charge in [0.2, 0.25) is 12.3 Å². The molecule has 0 aromatic heterocycles. The molecule has 2 amide bonds. The molecule has 0 saturated heterocycles. The number of hydroxylamine groups is 2. The van der Waals surface area contributed by atoms with E-state index in [4.69, 9.17) is 5.26 Å². The number of nitrogens with zero attached hydrogens (tertiary/aromatic N) is 3. The second-order valence-corrected chi connectivity index (χ2v) is 7.49. The van der Waals surface area contributed by atoms with Crippen LogP contribution in [0.25, 0.3) is 0 Å². The number of Topliss-reactive ketones (excluding diaryl/α,β-unsaturated/α-hetero) is 1. The third-order valence-corrected chi connectivity index (χ3v) is 5.62. The molecule has 1 atom stereocenters. The van der Waals surface area contributed by atoms with Crippen molar-refractivity contribution in [2.45, 2.75) is 16.7 Å². The fourth-order valence-electron chi connectivity index (χ4n) is 2.90. The van der Waals surface area contributed by atoms with Crippen molar-refractivity contribution in [3.8, 4) is 6.07 Å². The van der Waals surface area contributed by atoms with Crippen LogP contribution in [0.3, 0.4) is 0 Å². The van der Waals surface area contributed by atoms with E-state index < -0.39 is 5.25 Å². The Balaban J connectivity index is 1.85. The second kappa shape index (κ2) is 8.69. The van der Waals surface area contributed by atoms with Crippen LogP contribution in [0.15, 0.2) is 53.4 Å². The van der Waals surface area contributed by atoms with E-state index >= 15 is 0 Å². The monoisotopic (exact) mass is 395 g/mol. The van der Waals surface area contributed by atoms with Crippen LogP contribution in [0.2, 0.25) is 0 Å². The van der Waals surface area contributed by atoms with Crippen molar-refractivity contribution in [2.75, 3.05) is 13.1 Å². The van der Waals surface area contributed by atoms with E-state index in [1.165, 1.54) is 16.7 Å². The standard InChI is InChI=1S/C20H17N3O4S/c21-9-14-5-7-15(8-6-14)17(25)11-22-10-16-3-1-2-4-18(16)28-19(20(22)26)12-23(27)13-24/h1-8,13,19,27H,10-12H2. The molecule has 0 radical (unpaired) electrons. The van der Waals surface area contributed by atoms with E-state index in [2.05, 4.69) is 0 Å². The number of ketones is 1. The summed E-state index contributed by atoms with van der Waals surface area (Å²) in [7, 11) is 0. The lowest BCUT2D eigenvalue weighted by Gasteiger charge is -2.24. The van der Waals surface area contributed by atoms with Crippen LogP contribution >= 0.6 is 11.8 Å². The quantitative estimate of drug-likeness (QED) is 0.348. The lowest BCUT2D eigenvalue weighted by molar-refractivity contribution is -0.151. The van der Waals surface area contributed by atoms with Crippen molar-refractivity contribution < 1.29 is 19.6 Å². The van der Waals surface area contributed by atoms with Gasteiger partial charge in [0.05, 0.1) is 24.7 Å². The summed E-state index contributed by atoms with van der Waals surface area (Å²) < 4.78 is 0. The summed E-state index contributed by atoms with van der Waals surface area (Å²) in [6.45, 7) is -0.0570. The highest BCUT2D eigenvalue weighted by atomic mass is 32.2. The fourth-order valence-corrected chi connectivity index (χ4v) is 4.12. The van der Waals surface area contributed by atoms with E-state index in [0.717, 1.165) is 10.5 Å². The minimum atomic E-state index is -0.729. The van der Waals surface area contributed by atoms with E-state index in [1.54, 1.807) is 24.3 Å². The minimum absolute atomic E-state index is 0.136. The number of rotatable bonds is 6. The molecule has 0 fully saturated rings. The average Bonchev–Trinajstić information content (AvgIpc) is 2.85. The number of thioether (sulfide) groups is 1. The highest BCUT2D eigenvalue weighted by Crippen LogP contribution is 2.33. The predicted octanol–water partition coefficient (Wildman–Crippen LogP) is 2.09. The highest BCUT2D eigenvalue weighted by molar-refractivity contribution is 8.00. The van der Waals surface area contributed by atoms with Crippen molar-refractivity contribution in [1.29, 1.82) is 5.26 Å². The molecule has 1 aliphatic rings. The summed E-state index contributed by atoms with van der Waals surface area (Å²) >= 11 is 1.26. The third-order valence-electron chi connectivity index (χ3n) is 4.34. The van der Waals surface area contributed by atoms with Crippen molar-refractivity contribution in [2.24, 2.45) is 0 Å². The Morgan fingerprint density at radius 2 is 2.00 bits per heavy atom. The third kappa shape index (κ3) is 4.39. The highest BCUT2D eigenvalue weighted by Gasteiger charge is 2.32. The molecule has 3 rings (SSSR count). The number of nitriles is 1. The zero-order valence-electron chi connectivity index (χ0n) is 14.8. The lowest BCUT2D eigenvalue weighted by Crippen LogP contribution is -2.43. The largest absolute Gasteiger partial charge is 0.330 e. The van der Waals surface area contributed by atoms with Gasteiger partial charge in [-0.05, 0) is 23.8 Å². The molecular formula is C20H17N3O4S. The van der Waals surface area contributed by atoms with Gasteiger partial charge in [-0.1, -0.05) is 30.3 Å². The summed E-state index contributed by atoms with van der Waals surface area (Å²) in [5.41, 5.74) is 1.75. The fraction of sp³-hybridized carbons (Fsp3) is 0.200. The van der Waals surface area contributed by atoms with Crippen LogP contribution in [0.4, 0.5) is 0 Å². The van der Waals surface area contributed by atoms with E-state index in [0.29, 0.717) is 16.2 Å². The van der Waals surface area contributed by atoms with E-state index in [1.807, 2.05) is 30.3 Å². The Labute approximate surface area is 166 Å². The average molecular weight is 395 g/mol. The normalized spacial score (nSPS) is 15.9. The zero-order valence-corrected chi connectivity index (χ0v) is 15.6. The van der Waals surface area contributed by atoms with Crippen LogP contribution in [0.5, 0.6) is 0 Å². The molecule has 7 nitrogen and oxygen atoms in total. The summed E-state index contributed by atoms with van der Waals surface area (Å²) in [5, 5.41) is 18.1. The first kappa shape index (κ1) is 19.6. The summed E-state index contributed by atoms with van der Waals surface area (Å²) in [6, 6.07) is 15.7. The van der Waals surface area contributed by atoms with Gasteiger partial charge in [-0.25, -0.2) is 5.06 Å². The molecule has 1 aliphatic heterocycles. The van der Waals surface area contributed by atoms with Crippen LogP contribution < -0.4 is 0 Å². The van der Waals surface area contributed by atoms with Crippen molar-refractivity contribution >= 4 is 29.9 Å². The number of hydrogen-bond acceptors (Lipinski definition) is 6. The Hall–Kier alpha value is -3.15. The van der Waals surface area contributed by atoms with Gasteiger partial charge in [0.15, 0.2) is 5.78 Å². The molecule has 0 aliphatic carbocycles. The maximum absolute atomic E-state index is 13.0. The Kier molecular flexibility index (Phi) is 6.09. The second-order valence-electron chi connectivity index (χ2n) is 6.25. The van der Waals surface area contributed by atoms with Crippen LogP contribution in [0, 0.1) is 11.3 Å². The van der Waals surface area contributed by atoms with Gasteiger partial charge in [-0.3, -0.25) is 19.6 Å². The van der Waals surface area contributed by atoms with E-state index in [-0.39, 0.29) is 37.7 Å². The summed E-state index contributed by atoms with van der Waals surface area (Å²) in [5.74, 6) is -0.582. The molecule has 142 valence electrons. The first-order valence-corrected chi connectivity index (χ1v) is 9.37. The van der Waals surface area contributed by atoms with Gasteiger partial charge in [-0.2, -0.15) is 5.26 Å². The van der Waals surface area contributed by atoms with Crippen molar-refractivity contribution in [3.05, 3.63) is 65.2 Å². The smallest absolute Gasteiger partial charge is 0.238 e. The van der Waals surface area contributed by atoms with Gasteiger partial charge >= 0.3 is 0 Å². The van der Waals surface area contributed by atoms with Crippen LogP contribution in [-0.4, -0.2) is 51.6 Å².